The lowest BCUT2D eigenvalue weighted by atomic mass is 10.1. The summed E-state index contributed by atoms with van der Waals surface area (Å²) >= 11 is 6.46. The van der Waals surface area contributed by atoms with Crippen LogP contribution >= 0.6 is 11.6 Å². The summed E-state index contributed by atoms with van der Waals surface area (Å²) in [4.78, 5) is 21.7. The molecule has 1 saturated heterocycles. The molecule has 0 aliphatic carbocycles. The number of aromatic amines is 1. The summed E-state index contributed by atoms with van der Waals surface area (Å²) in [5.74, 6) is -0.212. The monoisotopic (exact) mass is 365 g/mol. The average molecular weight is 366 g/mol. The van der Waals surface area contributed by atoms with Gasteiger partial charge in [-0.05, 0) is 26.7 Å². The van der Waals surface area contributed by atoms with Crippen LogP contribution in [-0.4, -0.2) is 47.7 Å². The number of carbonyl (C=O) groups excluding carboxylic acids is 1. The molecule has 7 nitrogen and oxygen atoms in total. The smallest absolute Gasteiger partial charge is 0.250 e. The van der Waals surface area contributed by atoms with Gasteiger partial charge in [0, 0.05) is 25.3 Å². The van der Waals surface area contributed by atoms with Crippen molar-refractivity contribution in [1.29, 1.82) is 0 Å². The number of hydrogen-bond acceptors (Lipinski definition) is 5. The molecule has 136 valence electrons. The first kappa shape index (κ1) is 18.0. The van der Waals surface area contributed by atoms with Gasteiger partial charge in [0.25, 0.3) is 0 Å². The van der Waals surface area contributed by atoms with Crippen molar-refractivity contribution in [3.05, 3.63) is 17.4 Å². The van der Waals surface area contributed by atoms with Gasteiger partial charge in [0.05, 0.1) is 34.1 Å². The molecule has 0 bridgehead atoms. The van der Waals surface area contributed by atoms with Crippen LogP contribution in [0.3, 0.4) is 0 Å². The van der Waals surface area contributed by atoms with Gasteiger partial charge in [0.15, 0.2) is 0 Å². The number of anilines is 2. The van der Waals surface area contributed by atoms with E-state index in [0.29, 0.717) is 16.4 Å². The van der Waals surface area contributed by atoms with Crippen molar-refractivity contribution in [1.82, 2.24) is 9.97 Å². The van der Waals surface area contributed by atoms with Crippen LogP contribution in [0.4, 0.5) is 11.4 Å². The van der Waals surface area contributed by atoms with E-state index in [1.807, 2.05) is 13.8 Å². The van der Waals surface area contributed by atoms with Crippen molar-refractivity contribution in [2.24, 2.45) is 5.73 Å². The van der Waals surface area contributed by atoms with Gasteiger partial charge in [-0.25, -0.2) is 4.98 Å². The van der Waals surface area contributed by atoms with Gasteiger partial charge in [-0.1, -0.05) is 11.6 Å². The highest BCUT2D eigenvalue weighted by molar-refractivity contribution is 6.35. The topological polar surface area (TPSA) is 96.3 Å². The Morgan fingerprint density at radius 1 is 1.60 bits per heavy atom. The fraction of sp³-hybridized carbons (Fsp3) is 0.529. The van der Waals surface area contributed by atoms with Crippen molar-refractivity contribution in [3.8, 4) is 0 Å². The molecule has 0 aromatic carbocycles. The number of fused-ring (bicyclic) bond motifs is 1. The summed E-state index contributed by atoms with van der Waals surface area (Å²) in [6.45, 7) is 5.39. The fourth-order valence-electron chi connectivity index (χ4n) is 3.11. The van der Waals surface area contributed by atoms with E-state index in [1.165, 1.54) is 0 Å². The van der Waals surface area contributed by atoms with Crippen LogP contribution in [0, 0.1) is 0 Å². The first-order valence-electron chi connectivity index (χ1n) is 8.53. The molecule has 3 rings (SSSR count). The number of piperidine rings is 1. The number of nitrogens with two attached hydrogens (primary N) is 1. The Hall–Kier alpha value is -1.83. The summed E-state index contributed by atoms with van der Waals surface area (Å²) in [6, 6.07) is 0.115. The van der Waals surface area contributed by atoms with Gasteiger partial charge in [0.2, 0.25) is 5.91 Å². The quantitative estimate of drug-likeness (QED) is 0.756. The summed E-state index contributed by atoms with van der Waals surface area (Å²) in [7, 11) is 0. The van der Waals surface area contributed by atoms with E-state index in [0.717, 1.165) is 37.0 Å². The van der Waals surface area contributed by atoms with Crippen molar-refractivity contribution >= 4 is 39.9 Å². The molecule has 25 heavy (non-hydrogen) atoms. The number of halogens is 1. The Kier molecular flexibility index (Phi) is 5.46. The Morgan fingerprint density at radius 3 is 3.12 bits per heavy atom. The number of hydrogen-bond donors (Lipinski definition) is 3. The molecule has 1 aliphatic rings. The first-order chi connectivity index (χ1) is 12.0. The minimum absolute atomic E-state index is 0.00224. The molecule has 1 amide bonds. The summed E-state index contributed by atoms with van der Waals surface area (Å²) < 4.78 is 5.36. The highest BCUT2D eigenvalue weighted by Crippen LogP contribution is 2.38. The van der Waals surface area contributed by atoms with Crippen molar-refractivity contribution in [2.75, 3.05) is 29.9 Å². The highest BCUT2D eigenvalue weighted by Gasteiger charge is 2.24. The van der Waals surface area contributed by atoms with Crippen LogP contribution in [-0.2, 0) is 9.53 Å². The third-order valence-electron chi connectivity index (χ3n) is 4.23. The molecule has 2 aromatic heterocycles. The second-order valence-corrected chi connectivity index (χ2v) is 7.04. The fourth-order valence-corrected chi connectivity index (χ4v) is 3.37. The largest absolute Gasteiger partial charge is 0.369 e. The van der Waals surface area contributed by atoms with Crippen LogP contribution in [0.15, 0.2) is 12.4 Å². The minimum atomic E-state index is -0.212. The lowest BCUT2D eigenvalue weighted by molar-refractivity contribution is -0.121. The highest BCUT2D eigenvalue weighted by atomic mass is 35.5. The van der Waals surface area contributed by atoms with Crippen molar-refractivity contribution < 1.29 is 9.53 Å². The number of H-pyrrole nitrogens is 1. The number of aromatic nitrogens is 2. The number of amides is 1. The number of pyridine rings is 1. The molecule has 0 spiro atoms. The lowest BCUT2D eigenvalue weighted by Crippen LogP contribution is -2.43. The zero-order valence-corrected chi connectivity index (χ0v) is 15.3. The zero-order chi connectivity index (χ0) is 18.0. The van der Waals surface area contributed by atoms with Gasteiger partial charge in [-0.2, -0.15) is 0 Å². The maximum absolute atomic E-state index is 12.1. The van der Waals surface area contributed by atoms with E-state index in [4.69, 9.17) is 22.1 Å². The predicted octanol–water partition coefficient (Wildman–Crippen LogP) is 2.51. The molecule has 4 N–H and O–H groups in total. The molecule has 8 heteroatoms. The van der Waals surface area contributed by atoms with E-state index < -0.39 is 0 Å². The van der Waals surface area contributed by atoms with Crippen LogP contribution in [0.25, 0.3) is 11.0 Å². The van der Waals surface area contributed by atoms with E-state index in [-0.39, 0.29) is 24.7 Å². The Labute approximate surface area is 151 Å². The molecule has 3 heterocycles. The van der Waals surface area contributed by atoms with Crippen LogP contribution < -0.4 is 16.0 Å². The maximum atomic E-state index is 12.1. The van der Waals surface area contributed by atoms with E-state index >= 15 is 0 Å². The van der Waals surface area contributed by atoms with E-state index in [9.17, 15) is 4.79 Å². The second-order valence-electron chi connectivity index (χ2n) is 6.64. The molecule has 1 aliphatic heterocycles. The first-order valence-corrected chi connectivity index (χ1v) is 8.91. The van der Waals surface area contributed by atoms with E-state index in [2.05, 4.69) is 20.2 Å². The number of ether oxygens (including phenoxy) is 1. The molecule has 1 atom stereocenters. The van der Waals surface area contributed by atoms with Gasteiger partial charge in [0.1, 0.15) is 12.3 Å². The molecular formula is C17H24ClN5O2. The van der Waals surface area contributed by atoms with Gasteiger partial charge >= 0.3 is 0 Å². The molecule has 0 radical (unpaired) electrons. The predicted molar refractivity (Wildman–Crippen MR) is 100 cm³/mol. The van der Waals surface area contributed by atoms with Crippen molar-refractivity contribution in [3.63, 3.8) is 0 Å². The standard InChI is InChI=1S/C17H24ClN5O2/c1-10(2)25-9-14(24)22-13-7-21-17-15(13)16(12(18)6-20-17)23-5-3-4-11(19)8-23/h6-7,10-11H,3-5,8-9,19H2,1-2H3,(H,20,21)(H,22,24)/t11-/m1/s1. The van der Waals surface area contributed by atoms with Gasteiger partial charge in [-0.15, -0.1) is 0 Å². The molecular weight excluding hydrogens is 342 g/mol. The molecule has 2 aromatic rings. The average Bonchev–Trinajstić information content (AvgIpc) is 2.96. The number of nitrogens with one attached hydrogen (secondary N) is 2. The Morgan fingerprint density at radius 2 is 2.40 bits per heavy atom. The Balaban J connectivity index is 1.92. The normalized spacial score (nSPS) is 18.1. The number of carbonyl (C=O) groups is 1. The second kappa shape index (κ2) is 7.59. The molecule has 0 saturated carbocycles. The third-order valence-corrected chi connectivity index (χ3v) is 4.50. The third kappa shape index (κ3) is 4.05. The summed E-state index contributed by atoms with van der Waals surface area (Å²) in [5.41, 5.74) is 8.32. The number of rotatable bonds is 5. The van der Waals surface area contributed by atoms with Gasteiger partial charge < -0.3 is 25.7 Å². The van der Waals surface area contributed by atoms with Gasteiger partial charge in [-0.3, -0.25) is 4.79 Å². The van der Waals surface area contributed by atoms with Crippen LogP contribution in [0.5, 0.6) is 0 Å². The maximum Gasteiger partial charge on any atom is 0.250 e. The van der Waals surface area contributed by atoms with E-state index in [1.54, 1.807) is 12.4 Å². The van der Waals surface area contributed by atoms with Crippen LogP contribution in [0.2, 0.25) is 5.02 Å². The lowest BCUT2D eigenvalue weighted by Gasteiger charge is -2.33. The molecule has 1 fully saturated rings. The zero-order valence-electron chi connectivity index (χ0n) is 14.5. The SMILES string of the molecule is CC(C)OCC(=O)Nc1c[nH]c2ncc(Cl)c(N3CCC[C@@H](N)C3)c12. The van der Waals surface area contributed by atoms with Crippen LogP contribution in [0.1, 0.15) is 26.7 Å². The Bertz CT molecular complexity index is 761. The summed E-state index contributed by atoms with van der Waals surface area (Å²) in [5, 5.41) is 4.24. The number of nitrogens with zero attached hydrogens (tertiary/aromatic N) is 2. The minimum Gasteiger partial charge on any atom is -0.369 e. The molecule has 0 unspecified atom stereocenters. The summed E-state index contributed by atoms with van der Waals surface area (Å²) in [6.07, 6.45) is 5.37. The van der Waals surface area contributed by atoms with Crippen molar-refractivity contribution in [2.45, 2.75) is 38.8 Å².